The summed E-state index contributed by atoms with van der Waals surface area (Å²) in [6.07, 6.45) is 1.84. The van der Waals surface area contributed by atoms with Gasteiger partial charge in [0.15, 0.2) is 0 Å². The highest BCUT2D eigenvalue weighted by atomic mass is 79.9. The summed E-state index contributed by atoms with van der Waals surface area (Å²) in [5.41, 5.74) is 4.75. The van der Waals surface area contributed by atoms with Crippen LogP contribution in [0.3, 0.4) is 0 Å². The Morgan fingerprint density at radius 2 is 1.60 bits per heavy atom. The molecule has 0 atom stereocenters. The minimum atomic E-state index is -0.317. The van der Waals surface area contributed by atoms with E-state index in [1.54, 1.807) is 6.07 Å². The predicted octanol–water partition coefficient (Wildman–Crippen LogP) is 6.61. The minimum absolute atomic E-state index is 0.120. The van der Waals surface area contributed by atoms with Crippen molar-refractivity contribution in [1.82, 2.24) is 14.7 Å². The van der Waals surface area contributed by atoms with Crippen LogP contribution in [-0.4, -0.2) is 20.8 Å². The van der Waals surface area contributed by atoms with Gasteiger partial charge in [-0.05, 0) is 57.2 Å². The van der Waals surface area contributed by atoms with Crippen molar-refractivity contribution in [2.24, 2.45) is 0 Å². The topological polar surface area (TPSA) is 46.4 Å². The van der Waals surface area contributed by atoms with E-state index in [9.17, 15) is 4.79 Å². The van der Waals surface area contributed by atoms with E-state index in [-0.39, 0.29) is 11.4 Å². The molecule has 2 heterocycles. The standard InChI is InChI=1S/C24H21BrClN3O/c1-24(2,3)28-23(30)17-8-13-20-27-21(15-4-9-18(25)10-5-15)22(29(20)14-17)16-6-11-19(26)12-7-16/h4-14H,1-3H3,(H,28,30). The lowest BCUT2D eigenvalue weighted by Gasteiger charge is -2.20. The zero-order chi connectivity index (χ0) is 21.5. The molecule has 0 fully saturated rings. The van der Waals surface area contributed by atoms with Gasteiger partial charge >= 0.3 is 0 Å². The van der Waals surface area contributed by atoms with Crippen molar-refractivity contribution in [1.29, 1.82) is 0 Å². The molecule has 30 heavy (non-hydrogen) atoms. The van der Waals surface area contributed by atoms with Gasteiger partial charge in [0.1, 0.15) is 5.65 Å². The number of nitrogens with one attached hydrogen (secondary N) is 1. The summed E-state index contributed by atoms with van der Waals surface area (Å²) in [4.78, 5) is 17.6. The number of benzene rings is 2. The highest BCUT2D eigenvalue weighted by Crippen LogP contribution is 2.34. The van der Waals surface area contributed by atoms with Crippen LogP contribution in [-0.2, 0) is 0 Å². The molecule has 4 nitrogen and oxygen atoms in total. The Hall–Kier alpha value is -2.63. The van der Waals surface area contributed by atoms with E-state index in [2.05, 4.69) is 21.2 Å². The maximum Gasteiger partial charge on any atom is 0.253 e. The quantitative estimate of drug-likeness (QED) is 0.357. The summed E-state index contributed by atoms with van der Waals surface area (Å²) >= 11 is 9.60. The third-order valence-corrected chi connectivity index (χ3v) is 5.39. The van der Waals surface area contributed by atoms with Crippen LogP contribution >= 0.6 is 27.5 Å². The van der Waals surface area contributed by atoms with Crippen LogP contribution in [0.4, 0.5) is 0 Å². The normalized spacial score (nSPS) is 11.6. The van der Waals surface area contributed by atoms with Gasteiger partial charge < -0.3 is 5.32 Å². The van der Waals surface area contributed by atoms with Crippen LogP contribution in [0, 0.1) is 0 Å². The first-order chi connectivity index (χ1) is 14.2. The van der Waals surface area contributed by atoms with Crippen molar-refractivity contribution in [3.05, 3.63) is 81.9 Å². The fraction of sp³-hybridized carbons (Fsp3) is 0.167. The van der Waals surface area contributed by atoms with Crippen molar-refractivity contribution >= 4 is 39.1 Å². The van der Waals surface area contributed by atoms with Crippen LogP contribution < -0.4 is 5.32 Å². The number of carbonyl (C=O) groups excluding carboxylic acids is 1. The minimum Gasteiger partial charge on any atom is -0.347 e. The molecule has 1 amide bonds. The number of pyridine rings is 1. The zero-order valence-corrected chi connectivity index (χ0v) is 19.3. The molecule has 2 aromatic carbocycles. The number of hydrogen-bond acceptors (Lipinski definition) is 2. The van der Waals surface area contributed by atoms with Crippen molar-refractivity contribution < 1.29 is 4.79 Å². The van der Waals surface area contributed by atoms with Crippen molar-refractivity contribution in [2.45, 2.75) is 26.3 Å². The SMILES string of the molecule is CC(C)(C)NC(=O)c1ccc2nc(-c3ccc(Br)cc3)c(-c3ccc(Cl)cc3)n2c1. The van der Waals surface area contributed by atoms with Gasteiger partial charge in [0.25, 0.3) is 5.91 Å². The number of hydrogen-bond donors (Lipinski definition) is 1. The summed E-state index contributed by atoms with van der Waals surface area (Å²) in [6, 6.07) is 19.4. The van der Waals surface area contributed by atoms with E-state index in [1.165, 1.54) is 0 Å². The van der Waals surface area contributed by atoms with Gasteiger partial charge in [-0.2, -0.15) is 0 Å². The molecule has 0 saturated carbocycles. The molecule has 0 aliphatic rings. The number of imidazole rings is 1. The lowest BCUT2D eigenvalue weighted by molar-refractivity contribution is 0.0919. The third kappa shape index (κ3) is 4.27. The molecule has 0 aliphatic carbocycles. The fourth-order valence-corrected chi connectivity index (χ4v) is 3.67. The van der Waals surface area contributed by atoms with E-state index >= 15 is 0 Å². The van der Waals surface area contributed by atoms with Gasteiger partial charge in [-0.3, -0.25) is 9.20 Å². The van der Waals surface area contributed by atoms with E-state index < -0.39 is 0 Å². The molecule has 0 unspecified atom stereocenters. The lowest BCUT2D eigenvalue weighted by atomic mass is 10.0. The maximum atomic E-state index is 12.7. The summed E-state index contributed by atoms with van der Waals surface area (Å²) < 4.78 is 2.97. The van der Waals surface area contributed by atoms with Crippen LogP contribution in [0.25, 0.3) is 28.2 Å². The van der Waals surface area contributed by atoms with E-state index in [1.807, 2.05) is 86.0 Å². The van der Waals surface area contributed by atoms with Crippen LogP contribution in [0.1, 0.15) is 31.1 Å². The third-order valence-electron chi connectivity index (χ3n) is 4.60. The van der Waals surface area contributed by atoms with Crippen LogP contribution in [0.15, 0.2) is 71.3 Å². The summed E-state index contributed by atoms with van der Waals surface area (Å²) in [5, 5.41) is 3.69. The lowest BCUT2D eigenvalue weighted by Crippen LogP contribution is -2.40. The van der Waals surface area contributed by atoms with Crippen LogP contribution in [0.2, 0.25) is 5.02 Å². The second-order valence-corrected chi connectivity index (χ2v) is 9.53. The highest BCUT2D eigenvalue weighted by molar-refractivity contribution is 9.10. The molecule has 2 aromatic heterocycles. The van der Waals surface area contributed by atoms with E-state index in [0.29, 0.717) is 10.6 Å². The average molecular weight is 483 g/mol. The molecule has 152 valence electrons. The van der Waals surface area contributed by atoms with Gasteiger partial charge in [-0.25, -0.2) is 4.98 Å². The number of halogens is 2. The Morgan fingerprint density at radius 1 is 0.967 bits per heavy atom. The van der Waals surface area contributed by atoms with E-state index in [4.69, 9.17) is 16.6 Å². The molecule has 0 aliphatic heterocycles. The van der Waals surface area contributed by atoms with Gasteiger partial charge in [-0.15, -0.1) is 0 Å². The Morgan fingerprint density at radius 3 is 2.23 bits per heavy atom. The predicted molar refractivity (Wildman–Crippen MR) is 126 cm³/mol. The Bertz CT molecular complexity index is 1220. The molecule has 0 bridgehead atoms. The smallest absolute Gasteiger partial charge is 0.253 e. The van der Waals surface area contributed by atoms with Gasteiger partial charge in [0.2, 0.25) is 0 Å². The van der Waals surface area contributed by atoms with Gasteiger partial charge in [0.05, 0.1) is 17.0 Å². The number of nitrogens with zero attached hydrogens (tertiary/aromatic N) is 2. The molecular formula is C24H21BrClN3O. The number of carbonyl (C=O) groups is 1. The van der Waals surface area contributed by atoms with Crippen LogP contribution in [0.5, 0.6) is 0 Å². The van der Waals surface area contributed by atoms with Gasteiger partial charge in [-0.1, -0.05) is 51.8 Å². The van der Waals surface area contributed by atoms with Crippen molar-refractivity contribution in [3.63, 3.8) is 0 Å². The molecule has 4 rings (SSSR count). The number of rotatable bonds is 3. The van der Waals surface area contributed by atoms with Crippen molar-refractivity contribution in [3.8, 4) is 22.5 Å². The second-order valence-electron chi connectivity index (χ2n) is 8.17. The molecular weight excluding hydrogens is 462 g/mol. The monoisotopic (exact) mass is 481 g/mol. The Labute approximate surface area is 189 Å². The first-order valence-corrected chi connectivity index (χ1v) is 10.7. The van der Waals surface area contributed by atoms with Crippen molar-refractivity contribution in [2.75, 3.05) is 0 Å². The number of amides is 1. The number of fused-ring (bicyclic) bond motifs is 1. The van der Waals surface area contributed by atoms with Gasteiger partial charge in [0, 0.05) is 32.4 Å². The zero-order valence-electron chi connectivity index (χ0n) is 16.9. The Kier molecular flexibility index (Phi) is 5.43. The maximum absolute atomic E-state index is 12.7. The molecule has 0 saturated heterocycles. The summed E-state index contributed by atoms with van der Waals surface area (Å²) in [5.74, 6) is -0.120. The molecule has 6 heteroatoms. The molecule has 0 radical (unpaired) electrons. The first kappa shape index (κ1) is 20.6. The average Bonchev–Trinajstić information content (AvgIpc) is 3.06. The molecule has 1 N–H and O–H groups in total. The first-order valence-electron chi connectivity index (χ1n) is 9.58. The molecule has 0 spiro atoms. The highest BCUT2D eigenvalue weighted by Gasteiger charge is 2.19. The molecule has 4 aromatic rings. The summed E-state index contributed by atoms with van der Waals surface area (Å²) in [7, 11) is 0. The summed E-state index contributed by atoms with van der Waals surface area (Å²) in [6.45, 7) is 5.89. The Balaban J connectivity index is 1.93. The number of aromatic nitrogens is 2. The fourth-order valence-electron chi connectivity index (χ4n) is 3.28. The van der Waals surface area contributed by atoms with E-state index in [0.717, 1.165) is 32.6 Å². The second kappa shape index (κ2) is 7.89. The largest absolute Gasteiger partial charge is 0.347 e.